The Morgan fingerprint density at radius 3 is 2.56 bits per heavy atom. The third kappa shape index (κ3) is 3.41. The van der Waals surface area contributed by atoms with Crippen molar-refractivity contribution >= 4 is 11.4 Å². The molecule has 0 spiro atoms. The molecular weight excluding hydrogens is 308 g/mol. The molecule has 4 rings (SSSR count). The van der Waals surface area contributed by atoms with E-state index >= 15 is 0 Å². The van der Waals surface area contributed by atoms with E-state index in [0.717, 1.165) is 29.1 Å². The van der Waals surface area contributed by atoms with E-state index < -0.39 is 0 Å². The van der Waals surface area contributed by atoms with Crippen LogP contribution in [0.15, 0.2) is 84.0 Å². The number of rotatable bonds is 3. The number of nitrogens with one attached hydrogen (secondary N) is 1. The number of para-hydroxylation sites is 1. The van der Waals surface area contributed by atoms with Gasteiger partial charge in [0.15, 0.2) is 0 Å². The highest BCUT2D eigenvalue weighted by molar-refractivity contribution is 6.04. The van der Waals surface area contributed by atoms with E-state index in [9.17, 15) is 0 Å². The van der Waals surface area contributed by atoms with Crippen molar-refractivity contribution in [1.29, 1.82) is 0 Å². The third-order valence-corrected chi connectivity index (χ3v) is 4.36. The van der Waals surface area contributed by atoms with E-state index in [2.05, 4.69) is 42.7 Å². The number of hydrogen-bond donors (Lipinski definition) is 1. The Hall–Kier alpha value is -3.07. The van der Waals surface area contributed by atoms with Crippen LogP contribution in [0.3, 0.4) is 0 Å². The lowest BCUT2D eigenvalue weighted by Crippen LogP contribution is -2.21. The van der Waals surface area contributed by atoms with E-state index in [1.54, 1.807) is 0 Å². The number of hydrogen-bond acceptors (Lipinski definition) is 3. The second kappa shape index (κ2) is 6.81. The minimum atomic E-state index is -0.0193. The molecule has 1 aliphatic rings. The highest BCUT2D eigenvalue weighted by atomic mass is 16.5. The lowest BCUT2D eigenvalue weighted by Gasteiger charge is -2.27. The Bertz CT molecular complexity index is 903. The maximum atomic E-state index is 6.21. The molecule has 1 unspecified atom stereocenters. The fourth-order valence-electron chi connectivity index (χ4n) is 3.09. The molecule has 0 aliphatic carbocycles. The van der Waals surface area contributed by atoms with Crippen LogP contribution in [-0.2, 0) is 0 Å². The van der Waals surface area contributed by atoms with Gasteiger partial charge in [0.1, 0.15) is 11.9 Å². The molecule has 25 heavy (non-hydrogen) atoms. The summed E-state index contributed by atoms with van der Waals surface area (Å²) in [5.41, 5.74) is 8.63. The number of anilines is 1. The lowest BCUT2D eigenvalue weighted by molar-refractivity contribution is 0.206. The SMILES string of the molecule is Cc1cccc(N/N=C2/CC(c3ccccc3)Oc3ccccc32)c1. The molecule has 124 valence electrons. The van der Waals surface area contributed by atoms with Gasteiger partial charge < -0.3 is 4.74 Å². The summed E-state index contributed by atoms with van der Waals surface area (Å²) in [5, 5.41) is 4.70. The fraction of sp³-hybridized carbons (Fsp3) is 0.136. The predicted octanol–water partition coefficient (Wildman–Crippen LogP) is 5.34. The summed E-state index contributed by atoms with van der Waals surface area (Å²) >= 11 is 0. The van der Waals surface area contributed by atoms with Gasteiger partial charge in [0, 0.05) is 12.0 Å². The van der Waals surface area contributed by atoms with Crippen molar-refractivity contribution in [2.24, 2.45) is 5.10 Å². The average molecular weight is 328 g/mol. The van der Waals surface area contributed by atoms with Crippen molar-refractivity contribution in [3.63, 3.8) is 0 Å². The second-order valence-electron chi connectivity index (χ2n) is 6.26. The van der Waals surface area contributed by atoms with Gasteiger partial charge in [0.05, 0.1) is 11.4 Å². The summed E-state index contributed by atoms with van der Waals surface area (Å²) in [5.74, 6) is 0.882. The van der Waals surface area contributed by atoms with Gasteiger partial charge in [-0.05, 0) is 42.3 Å². The molecule has 3 aromatic carbocycles. The topological polar surface area (TPSA) is 33.6 Å². The van der Waals surface area contributed by atoms with Gasteiger partial charge in [0.25, 0.3) is 0 Å². The lowest BCUT2D eigenvalue weighted by atomic mass is 9.96. The van der Waals surface area contributed by atoms with Gasteiger partial charge in [-0.15, -0.1) is 0 Å². The molecule has 1 heterocycles. The Labute approximate surface area is 148 Å². The first-order valence-corrected chi connectivity index (χ1v) is 8.50. The zero-order valence-corrected chi connectivity index (χ0v) is 14.1. The molecule has 0 aromatic heterocycles. The van der Waals surface area contributed by atoms with Gasteiger partial charge in [-0.3, -0.25) is 5.43 Å². The largest absolute Gasteiger partial charge is 0.485 e. The summed E-state index contributed by atoms with van der Waals surface area (Å²) in [4.78, 5) is 0. The van der Waals surface area contributed by atoms with E-state index in [-0.39, 0.29) is 6.10 Å². The number of benzene rings is 3. The molecule has 0 saturated carbocycles. The van der Waals surface area contributed by atoms with Crippen LogP contribution in [0.5, 0.6) is 5.75 Å². The molecule has 1 aliphatic heterocycles. The van der Waals surface area contributed by atoms with Gasteiger partial charge in [-0.25, -0.2) is 0 Å². The van der Waals surface area contributed by atoms with Crippen LogP contribution in [0.1, 0.15) is 29.2 Å². The van der Waals surface area contributed by atoms with Crippen molar-refractivity contribution in [3.05, 3.63) is 95.6 Å². The quantitative estimate of drug-likeness (QED) is 0.659. The molecule has 1 atom stereocenters. The van der Waals surface area contributed by atoms with Crippen LogP contribution in [0.4, 0.5) is 5.69 Å². The maximum absolute atomic E-state index is 6.21. The monoisotopic (exact) mass is 328 g/mol. The second-order valence-corrected chi connectivity index (χ2v) is 6.26. The minimum Gasteiger partial charge on any atom is -0.485 e. The molecule has 0 radical (unpaired) electrons. The first-order valence-electron chi connectivity index (χ1n) is 8.50. The molecule has 0 amide bonds. The number of hydrazone groups is 1. The summed E-state index contributed by atoms with van der Waals surface area (Å²) in [6.07, 6.45) is 0.717. The summed E-state index contributed by atoms with van der Waals surface area (Å²) in [6.45, 7) is 2.08. The molecule has 0 saturated heterocycles. The number of aryl methyl sites for hydroxylation is 1. The number of nitrogens with zero attached hydrogens (tertiary/aromatic N) is 1. The van der Waals surface area contributed by atoms with E-state index in [4.69, 9.17) is 9.84 Å². The average Bonchev–Trinajstić information content (AvgIpc) is 2.66. The first kappa shape index (κ1) is 15.5. The summed E-state index contributed by atoms with van der Waals surface area (Å²) in [7, 11) is 0. The smallest absolute Gasteiger partial charge is 0.129 e. The van der Waals surface area contributed by atoms with Gasteiger partial charge in [0.2, 0.25) is 0 Å². The van der Waals surface area contributed by atoms with Crippen molar-refractivity contribution in [1.82, 2.24) is 0 Å². The zero-order valence-electron chi connectivity index (χ0n) is 14.1. The van der Waals surface area contributed by atoms with Crippen molar-refractivity contribution in [2.45, 2.75) is 19.4 Å². The number of ether oxygens (including phenoxy) is 1. The highest BCUT2D eigenvalue weighted by Gasteiger charge is 2.25. The molecule has 0 bridgehead atoms. The fourth-order valence-corrected chi connectivity index (χ4v) is 3.09. The van der Waals surface area contributed by atoms with E-state index in [1.165, 1.54) is 11.1 Å². The van der Waals surface area contributed by atoms with Crippen LogP contribution >= 0.6 is 0 Å². The van der Waals surface area contributed by atoms with Crippen LogP contribution in [0, 0.1) is 6.92 Å². The molecule has 3 nitrogen and oxygen atoms in total. The van der Waals surface area contributed by atoms with Crippen molar-refractivity contribution < 1.29 is 4.74 Å². The van der Waals surface area contributed by atoms with Crippen LogP contribution in [-0.4, -0.2) is 5.71 Å². The zero-order chi connectivity index (χ0) is 17.1. The Balaban J connectivity index is 1.66. The summed E-state index contributed by atoms with van der Waals surface area (Å²) < 4.78 is 6.21. The minimum absolute atomic E-state index is 0.0193. The predicted molar refractivity (Wildman–Crippen MR) is 102 cm³/mol. The molecule has 3 heteroatoms. The normalized spacial score (nSPS) is 17.6. The van der Waals surface area contributed by atoms with E-state index in [0.29, 0.717) is 0 Å². The standard InChI is InChI=1S/C22H20N2O/c1-16-8-7-11-18(14-16)23-24-20-15-22(17-9-3-2-4-10-17)25-21-13-6-5-12-19(20)21/h2-14,22-23H,15H2,1H3/b24-20-. The molecule has 0 fully saturated rings. The van der Waals surface area contributed by atoms with Gasteiger partial charge in [-0.2, -0.15) is 5.10 Å². The Morgan fingerprint density at radius 2 is 1.72 bits per heavy atom. The molecular formula is C22H20N2O. The summed E-state index contributed by atoms with van der Waals surface area (Å²) in [6, 6.07) is 26.6. The van der Waals surface area contributed by atoms with Crippen molar-refractivity contribution in [2.75, 3.05) is 5.43 Å². The van der Waals surface area contributed by atoms with Crippen LogP contribution < -0.4 is 10.2 Å². The van der Waals surface area contributed by atoms with Gasteiger partial charge >= 0.3 is 0 Å². The Morgan fingerprint density at radius 1 is 0.920 bits per heavy atom. The third-order valence-electron chi connectivity index (χ3n) is 4.36. The maximum Gasteiger partial charge on any atom is 0.129 e. The van der Waals surface area contributed by atoms with E-state index in [1.807, 2.05) is 48.5 Å². The van der Waals surface area contributed by atoms with Crippen LogP contribution in [0.2, 0.25) is 0 Å². The first-order chi connectivity index (χ1) is 12.3. The van der Waals surface area contributed by atoms with Crippen molar-refractivity contribution in [3.8, 4) is 5.75 Å². The van der Waals surface area contributed by atoms with Gasteiger partial charge in [-0.1, -0.05) is 54.6 Å². The van der Waals surface area contributed by atoms with Crippen LogP contribution in [0.25, 0.3) is 0 Å². The Kier molecular flexibility index (Phi) is 4.21. The number of fused-ring (bicyclic) bond motifs is 1. The molecule has 3 aromatic rings. The highest BCUT2D eigenvalue weighted by Crippen LogP contribution is 2.35. The molecule has 1 N–H and O–H groups in total.